The maximum atomic E-state index is 7.04. The second-order valence-corrected chi connectivity index (χ2v) is 13.1. The average molecular weight is 559 g/mol. The van der Waals surface area contributed by atoms with Crippen LogP contribution in [0.1, 0.15) is 80.6 Å². The summed E-state index contributed by atoms with van der Waals surface area (Å²) in [6.45, 7) is 15.5. The van der Waals surface area contributed by atoms with Crippen LogP contribution in [0.4, 0.5) is 11.6 Å². The fourth-order valence-electron chi connectivity index (χ4n) is 6.81. The number of fused-ring (bicyclic) bond motifs is 2. The molecule has 0 radical (unpaired) electrons. The molecular weight excluding hydrogens is 520 g/mol. The molecule has 2 aliphatic heterocycles. The first-order valence-corrected chi connectivity index (χ1v) is 15.2. The Bertz CT molecular complexity index is 1610. The van der Waals surface area contributed by atoms with Crippen LogP contribution in [-0.2, 0) is 19.5 Å². The Hall–Kier alpha value is -3.13. The van der Waals surface area contributed by atoms with Crippen molar-refractivity contribution in [2.45, 2.75) is 85.7 Å². The topological polar surface area (TPSA) is 78.8 Å². The number of halogens is 1. The van der Waals surface area contributed by atoms with Crippen molar-refractivity contribution in [1.82, 2.24) is 29.9 Å². The van der Waals surface area contributed by atoms with E-state index in [0.29, 0.717) is 5.92 Å². The fourth-order valence-corrected chi connectivity index (χ4v) is 7.22. The third kappa shape index (κ3) is 4.26. The van der Waals surface area contributed by atoms with Gasteiger partial charge in [0.05, 0.1) is 22.6 Å². The van der Waals surface area contributed by atoms with E-state index in [1.165, 1.54) is 36.8 Å². The van der Waals surface area contributed by atoms with Crippen LogP contribution < -0.4 is 9.80 Å². The number of aryl methyl sites for hydroxylation is 3. The van der Waals surface area contributed by atoms with Crippen molar-refractivity contribution in [2.75, 3.05) is 29.4 Å². The first kappa shape index (κ1) is 25.8. The van der Waals surface area contributed by atoms with Crippen molar-refractivity contribution in [2.24, 2.45) is 5.41 Å². The number of hydrogen-bond acceptors (Lipinski definition) is 6. The van der Waals surface area contributed by atoms with Gasteiger partial charge in [0.2, 0.25) is 0 Å². The molecule has 1 saturated carbocycles. The van der Waals surface area contributed by atoms with E-state index < -0.39 is 0 Å². The summed E-state index contributed by atoms with van der Waals surface area (Å²) in [5, 5.41) is 14.6. The summed E-state index contributed by atoms with van der Waals surface area (Å²) < 4.78 is 2.10. The lowest BCUT2D eigenvalue weighted by molar-refractivity contribution is 0.291. The van der Waals surface area contributed by atoms with Crippen molar-refractivity contribution in [3.63, 3.8) is 0 Å². The third-order valence-electron chi connectivity index (χ3n) is 9.04. The molecule has 2 fully saturated rings. The largest absolute Gasteiger partial charge is 0.356 e. The molecule has 1 saturated heterocycles. The van der Waals surface area contributed by atoms with Crippen molar-refractivity contribution >= 4 is 34.1 Å². The molecule has 40 heavy (non-hydrogen) atoms. The van der Waals surface area contributed by atoms with Crippen molar-refractivity contribution < 1.29 is 0 Å². The predicted octanol–water partition coefficient (Wildman–Crippen LogP) is 6.57. The molecule has 0 bridgehead atoms. The second kappa shape index (κ2) is 9.47. The second-order valence-electron chi connectivity index (χ2n) is 12.8. The lowest BCUT2D eigenvalue weighted by atomic mass is 9.84. The smallest absolute Gasteiger partial charge is 0.162 e. The number of nitrogens with one attached hydrogen (secondary N) is 1. The Morgan fingerprint density at radius 2 is 1.93 bits per heavy atom. The molecule has 4 aromatic rings. The van der Waals surface area contributed by atoms with Gasteiger partial charge in [0.25, 0.3) is 0 Å². The monoisotopic (exact) mass is 558 g/mol. The molecule has 7 rings (SSSR count). The molecule has 5 heterocycles. The number of H-pyrrole nitrogens is 1. The van der Waals surface area contributed by atoms with E-state index in [1.54, 1.807) is 0 Å². The summed E-state index contributed by atoms with van der Waals surface area (Å²) in [5.74, 6) is 3.47. The van der Waals surface area contributed by atoms with Crippen LogP contribution in [0.3, 0.4) is 0 Å². The molecule has 1 N–H and O–H groups in total. The van der Waals surface area contributed by atoms with E-state index in [-0.39, 0.29) is 5.41 Å². The molecule has 3 aliphatic rings. The minimum Gasteiger partial charge on any atom is -0.356 e. The van der Waals surface area contributed by atoms with Crippen LogP contribution >= 0.6 is 11.6 Å². The predicted molar refractivity (Wildman–Crippen MR) is 161 cm³/mol. The number of aromatic nitrogens is 6. The minimum atomic E-state index is 0.241. The summed E-state index contributed by atoms with van der Waals surface area (Å²) in [6.07, 6.45) is 5.63. The Kier molecular flexibility index (Phi) is 6.11. The van der Waals surface area contributed by atoms with E-state index >= 15 is 0 Å². The third-order valence-corrected chi connectivity index (χ3v) is 9.40. The number of hydrogen-bond donors (Lipinski definition) is 1. The number of piperidine rings is 1. The van der Waals surface area contributed by atoms with E-state index in [4.69, 9.17) is 26.7 Å². The molecule has 0 spiro atoms. The highest BCUT2D eigenvalue weighted by atomic mass is 35.5. The Balaban J connectivity index is 1.37. The summed E-state index contributed by atoms with van der Waals surface area (Å²) in [5.41, 5.74) is 7.97. The molecule has 1 aromatic carbocycles. The Labute approximate surface area is 241 Å². The summed E-state index contributed by atoms with van der Waals surface area (Å²) >= 11 is 7.04. The van der Waals surface area contributed by atoms with Crippen LogP contribution in [0.25, 0.3) is 22.3 Å². The molecule has 9 heteroatoms. The maximum absolute atomic E-state index is 7.04. The van der Waals surface area contributed by atoms with Crippen LogP contribution in [-0.4, -0.2) is 49.6 Å². The summed E-state index contributed by atoms with van der Waals surface area (Å²) in [7, 11) is 0. The quantitative estimate of drug-likeness (QED) is 0.298. The standard InChI is InChI=1S/C31H39ClN8/c1-6-40-30(26(32)27(37-40)20-9-10-20)38-15-12-22-21(16-38)29(39-14-7-13-31(4,5)17-39)34-28(33-22)24-18(2)8-11-23-25(24)19(3)35-36-23/h8,11,20H,6-7,9-10,12-17H2,1-5H3,(H,35,36). The highest BCUT2D eigenvalue weighted by Crippen LogP contribution is 2.46. The Morgan fingerprint density at radius 3 is 2.67 bits per heavy atom. The van der Waals surface area contributed by atoms with Gasteiger partial charge in [-0.2, -0.15) is 10.2 Å². The first-order valence-electron chi connectivity index (χ1n) is 14.8. The maximum Gasteiger partial charge on any atom is 0.162 e. The van der Waals surface area contributed by atoms with Crippen LogP contribution in [0, 0.1) is 19.3 Å². The molecule has 1 aliphatic carbocycles. The van der Waals surface area contributed by atoms with Gasteiger partial charge >= 0.3 is 0 Å². The van der Waals surface area contributed by atoms with Gasteiger partial charge in [-0.3, -0.25) is 5.10 Å². The van der Waals surface area contributed by atoms with Gasteiger partial charge in [0.1, 0.15) is 16.7 Å². The van der Waals surface area contributed by atoms with Gasteiger partial charge in [-0.05, 0) is 63.5 Å². The minimum absolute atomic E-state index is 0.241. The molecule has 0 amide bonds. The average Bonchev–Trinajstić information content (AvgIpc) is 3.63. The van der Waals surface area contributed by atoms with Gasteiger partial charge in [0.15, 0.2) is 5.82 Å². The van der Waals surface area contributed by atoms with Crippen LogP contribution in [0.15, 0.2) is 12.1 Å². The molecule has 3 aromatic heterocycles. The number of aromatic amines is 1. The van der Waals surface area contributed by atoms with E-state index in [0.717, 1.165) is 95.2 Å². The van der Waals surface area contributed by atoms with E-state index in [2.05, 4.69) is 71.4 Å². The summed E-state index contributed by atoms with van der Waals surface area (Å²) in [6, 6.07) is 4.25. The molecule has 0 unspecified atom stereocenters. The van der Waals surface area contributed by atoms with Crippen LogP contribution in [0.5, 0.6) is 0 Å². The van der Waals surface area contributed by atoms with E-state index in [9.17, 15) is 0 Å². The van der Waals surface area contributed by atoms with E-state index in [1.807, 2.05) is 0 Å². The van der Waals surface area contributed by atoms with Crippen molar-refractivity contribution in [3.8, 4) is 11.4 Å². The van der Waals surface area contributed by atoms with Gasteiger partial charge in [-0.25, -0.2) is 14.6 Å². The molecular formula is C31H39ClN8. The lowest BCUT2D eigenvalue weighted by Gasteiger charge is -2.41. The highest BCUT2D eigenvalue weighted by molar-refractivity contribution is 6.33. The molecule has 210 valence electrons. The first-order chi connectivity index (χ1) is 19.2. The zero-order valence-electron chi connectivity index (χ0n) is 24.3. The van der Waals surface area contributed by atoms with Crippen LogP contribution in [0.2, 0.25) is 5.02 Å². The molecule has 8 nitrogen and oxygen atoms in total. The number of nitrogens with zero attached hydrogens (tertiary/aromatic N) is 7. The number of benzene rings is 1. The Morgan fingerprint density at radius 1 is 1.10 bits per heavy atom. The van der Waals surface area contributed by atoms with Gasteiger partial charge in [-0.15, -0.1) is 0 Å². The highest BCUT2D eigenvalue weighted by Gasteiger charge is 2.36. The fraction of sp³-hybridized carbons (Fsp3) is 0.548. The zero-order chi connectivity index (χ0) is 27.8. The normalized spacial score (nSPS) is 18.9. The van der Waals surface area contributed by atoms with Crippen molar-refractivity contribution in [3.05, 3.63) is 45.4 Å². The van der Waals surface area contributed by atoms with Crippen molar-refractivity contribution in [1.29, 1.82) is 0 Å². The molecule has 0 atom stereocenters. The summed E-state index contributed by atoms with van der Waals surface area (Å²) in [4.78, 5) is 15.6. The van der Waals surface area contributed by atoms with Gasteiger partial charge < -0.3 is 9.80 Å². The van der Waals surface area contributed by atoms with Gasteiger partial charge in [-0.1, -0.05) is 31.5 Å². The number of rotatable bonds is 5. The van der Waals surface area contributed by atoms with Gasteiger partial charge in [0, 0.05) is 61.6 Å². The SMILES string of the molecule is CCn1nc(C2CC2)c(Cl)c1N1CCc2nc(-c3c(C)ccc4[nH]nc(C)c34)nc(N3CCCC(C)(C)C3)c2C1. The lowest BCUT2D eigenvalue weighted by Crippen LogP contribution is -2.42. The number of anilines is 2. The zero-order valence-corrected chi connectivity index (χ0v) is 25.1.